The van der Waals surface area contributed by atoms with Crippen molar-refractivity contribution in [3.8, 4) is 0 Å². The number of rotatable bonds is 5. The molecule has 1 atom stereocenters. The van der Waals surface area contributed by atoms with Gasteiger partial charge in [0.1, 0.15) is 17.5 Å². The van der Waals surface area contributed by atoms with Crippen LogP contribution in [0.2, 0.25) is 0 Å². The fourth-order valence-corrected chi connectivity index (χ4v) is 4.17. The second kappa shape index (κ2) is 8.78. The lowest BCUT2D eigenvalue weighted by Gasteiger charge is -2.29. The van der Waals surface area contributed by atoms with Crippen molar-refractivity contribution < 1.29 is 13.2 Å². The minimum absolute atomic E-state index is 0.168. The summed E-state index contributed by atoms with van der Waals surface area (Å²) in [5.41, 5.74) is 1.26. The van der Waals surface area contributed by atoms with E-state index in [4.69, 9.17) is 0 Å². The Hall–Kier alpha value is -2.74. The van der Waals surface area contributed by atoms with Crippen LogP contribution in [0.4, 0.5) is 19.0 Å². The Morgan fingerprint density at radius 3 is 2.55 bits per heavy atom. The number of alkyl halides is 2. The topological polar surface area (TPSA) is 53.9 Å². The second-order valence-corrected chi connectivity index (χ2v) is 8.25. The molecule has 31 heavy (non-hydrogen) atoms. The van der Waals surface area contributed by atoms with Crippen LogP contribution in [-0.4, -0.2) is 40.0 Å². The van der Waals surface area contributed by atoms with E-state index >= 15 is 0 Å². The van der Waals surface area contributed by atoms with Crippen molar-refractivity contribution in [2.45, 2.75) is 45.1 Å². The summed E-state index contributed by atoms with van der Waals surface area (Å²) < 4.78 is 40.9. The molecular weight excluding hydrogens is 403 g/mol. The maximum atomic E-state index is 14.6. The largest absolute Gasteiger partial charge is 0.363 e. The first-order valence-corrected chi connectivity index (χ1v) is 10.5. The first-order valence-electron chi connectivity index (χ1n) is 10.5. The van der Waals surface area contributed by atoms with E-state index in [2.05, 4.69) is 38.3 Å². The monoisotopic (exact) mass is 429 g/mol. The van der Waals surface area contributed by atoms with Crippen LogP contribution in [0.25, 0.3) is 11.0 Å². The van der Waals surface area contributed by atoms with Gasteiger partial charge in [-0.25, -0.2) is 28.1 Å². The number of hydrogen-bond acceptors (Lipinski definition) is 5. The first kappa shape index (κ1) is 21.5. The van der Waals surface area contributed by atoms with Gasteiger partial charge in [0.2, 0.25) is 0 Å². The van der Waals surface area contributed by atoms with E-state index in [0.29, 0.717) is 23.2 Å². The lowest BCUT2D eigenvalue weighted by molar-refractivity contribution is 0.146. The van der Waals surface area contributed by atoms with Crippen molar-refractivity contribution in [1.29, 1.82) is 0 Å². The Morgan fingerprint density at radius 2 is 1.84 bits per heavy atom. The fourth-order valence-electron chi connectivity index (χ4n) is 4.17. The van der Waals surface area contributed by atoms with Crippen LogP contribution in [0.1, 0.15) is 60.7 Å². The zero-order valence-corrected chi connectivity index (χ0v) is 17.9. The molecule has 1 N–H and O–H groups in total. The van der Waals surface area contributed by atoms with Gasteiger partial charge in [-0.1, -0.05) is 18.2 Å². The van der Waals surface area contributed by atoms with E-state index < -0.39 is 23.8 Å². The standard InChI is InChI=1S/C23H26F3N5/c1-13(17-5-4-6-18(20(17)24)21(25)26)28-23-19-11-16(15-7-9-31(3)10-8-15)12-27-22(19)29-14(2)30-23/h4-6,11-13,15,21H,7-10H2,1-3H3,(H,27,28,29,30)/t13-/m1/s1. The quantitative estimate of drug-likeness (QED) is 0.589. The molecule has 5 nitrogen and oxygen atoms in total. The van der Waals surface area contributed by atoms with Crippen LogP contribution < -0.4 is 5.32 Å². The molecule has 1 aliphatic rings. The van der Waals surface area contributed by atoms with Crippen molar-refractivity contribution >= 4 is 16.9 Å². The number of aromatic nitrogens is 3. The molecule has 0 saturated carbocycles. The average molecular weight is 429 g/mol. The summed E-state index contributed by atoms with van der Waals surface area (Å²) in [5, 5.41) is 3.95. The normalized spacial score (nSPS) is 16.7. The van der Waals surface area contributed by atoms with Gasteiger partial charge in [-0.15, -0.1) is 0 Å². The Labute approximate surface area is 179 Å². The molecular formula is C23H26F3N5. The van der Waals surface area contributed by atoms with Crippen molar-refractivity contribution in [2.75, 3.05) is 25.5 Å². The van der Waals surface area contributed by atoms with Gasteiger partial charge in [0.05, 0.1) is 17.0 Å². The Kier molecular flexibility index (Phi) is 6.09. The first-order chi connectivity index (χ1) is 14.8. The highest BCUT2D eigenvalue weighted by atomic mass is 19.3. The highest BCUT2D eigenvalue weighted by Gasteiger charge is 2.22. The van der Waals surface area contributed by atoms with E-state index in [-0.39, 0.29) is 5.56 Å². The Bertz CT molecular complexity index is 1080. The summed E-state index contributed by atoms with van der Waals surface area (Å²) in [6, 6.07) is 5.55. The van der Waals surface area contributed by atoms with E-state index in [1.807, 2.05) is 6.20 Å². The summed E-state index contributed by atoms with van der Waals surface area (Å²) in [6.07, 6.45) is 1.13. The number of piperidine rings is 1. The second-order valence-electron chi connectivity index (χ2n) is 8.25. The van der Waals surface area contributed by atoms with Gasteiger partial charge in [0.15, 0.2) is 5.65 Å². The summed E-state index contributed by atoms with van der Waals surface area (Å²) in [5.74, 6) is 0.584. The van der Waals surface area contributed by atoms with Gasteiger partial charge in [0.25, 0.3) is 6.43 Å². The molecule has 1 fully saturated rings. The smallest absolute Gasteiger partial charge is 0.266 e. The van der Waals surface area contributed by atoms with Gasteiger partial charge in [0, 0.05) is 11.8 Å². The van der Waals surface area contributed by atoms with Crippen molar-refractivity contribution in [3.63, 3.8) is 0 Å². The molecule has 3 heterocycles. The lowest BCUT2D eigenvalue weighted by Crippen LogP contribution is -2.29. The minimum Gasteiger partial charge on any atom is -0.363 e. The predicted octanol–water partition coefficient (Wildman–Crippen LogP) is 5.39. The number of hydrogen-bond donors (Lipinski definition) is 1. The molecule has 0 aliphatic carbocycles. The zero-order chi connectivity index (χ0) is 22.1. The van der Waals surface area contributed by atoms with Gasteiger partial charge >= 0.3 is 0 Å². The van der Waals surface area contributed by atoms with Crippen molar-refractivity contribution in [3.05, 3.63) is 58.8 Å². The van der Waals surface area contributed by atoms with E-state index in [9.17, 15) is 13.2 Å². The molecule has 1 saturated heterocycles. The maximum Gasteiger partial charge on any atom is 0.266 e. The number of pyridine rings is 1. The molecule has 0 spiro atoms. The van der Waals surface area contributed by atoms with E-state index in [1.54, 1.807) is 13.8 Å². The molecule has 164 valence electrons. The lowest BCUT2D eigenvalue weighted by atomic mass is 9.90. The van der Waals surface area contributed by atoms with Gasteiger partial charge in [-0.3, -0.25) is 0 Å². The maximum absolute atomic E-state index is 14.6. The van der Waals surface area contributed by atoms with Crippen LogP contribution in [0.5, 0.6) is 0 Å². The molecule has 2 aromatic heterocycles. The summed E-state index contributed by atoms with van der Waals surface area (Å²) in [6.45, 7) is 5.56. The molecule has 0 amide bonds. The minimum atomic E-state index is -2.87. The number of halogens is 3. The third-order valence-electron chi connectivity index (χ3n) is 5.99. The van der Waals surface area contributed by atoms with Crippen molar-refractivity contribution in [2.24, 2.45) is 0 Å². The molecule has 0 bridgehead atoms. The molecule has 3 aromatic rings. The third kappa shape index (κ3) is 4.49. The molecule has 0 unspecified atom stereocenters. The molecule has 4 rings (SSSR count). The Morgan fingerprint density at radius 1 is 1.13 bits per heavy atom. The number of anilines is 1. The van der Waals surface area contributed by atoms with Crippen molar-refractivity contribution in [1.82, 2.24) is 19.9 Å². The SMILES string of the molecule is Cc1nc(N[C@H](C)c2cccc(C(F)F)c2F)c2cc(C3CCN(C)CC3)cnc2n1. The number of nitrogens with zero attached hydrogens (tertiary/aromatic N) is 4. The summed E-state index contributed by atoms with van der Waals surface area (Å²) in [7, 11) is 2.12. The van der Waals surface area contributed by atoms with Crippen LogP contribution in [0.3, 0.4) is 0 Å². The highest BCUT2D eigenvalue weighted by molar-refractivity contribution is 5.87. The summed E-state index contributed by atoms with van der Waals surface area (Å²) >= 11 is 0. The number of likely N-dealkylation sites (tertiary alicyclic amines) is 1. The zero-order valence-electron chi connectivity index (χ0n) is 17.9. The number of aryl methyl sites for hydroxylation is 1. The van der Waals surface area contributed by atoms with Crippen LogP contribution in [-0.2, 0) is 0 Å². The van der Waals surface area contributed by atoms with Crippen LogP contribution >= 0.6 is 0 Å². The highest BCUT2D eigenvalue weighted by Crippen LogP contribution is 2.33. The third-order valence-corrected chi connectivity index (χ3v) is 5.99. The number of benzene rings is 1. The number of nitrogens with one attached hydrogen (secondary N) is 1. The molecule has 1 aromatic carbocycles. The van der Waals surface area contributed by atoms with Gasteiger partial charge in [-0.05, 0) is 64.4 Å². The van der Waals surface area contributed by atoms with Gasteiger partial charge < -0.3 is 10.2 Å². The van der Waals surface area contributed by atoms with E-state index in [1.165, 1.54) is 12.1 Å². The molecule has 0 radical (unpaired) electrons. The van der Waals surface area contributed by atoms with Crippen LogP contribution in [0.15, 0.2) is 30.5 Å². The number of fused-ring (bicyclic) bond motifs is 1. The summed E-state index contributed by atoms with van der Waals surface area (Å²) in [4.78, 5) is 15.8. The fraction of sp³-hybridized carbons (Fsp3) is 0.435. The average Bonchev–Trinajstić information content (AvgIpc) is 2.74. The van der Waals surface area contributed by atoms with E-state index in [0.717, 1.165) is 42.9 Å². The van der Waals surface area contributed by atoms with Crippen LogP contribution in [0, 0.1) is 12.7 Å². The molecule has 1 aliphatic heterocycles. The Balaban J connectivity index is 1.68. The van der Waals surface area contributed by atoms with Gasteiger partial charge in [-0.2, -0.15) is 0 Å². The predicted molar refractivity (Wildman–Crippen MR) is 115 cm³/mol. The molecule has 8 heteroatoms.